The molecule has 7 heteroatoms. The molecule has 1 rings (SSSR count). The van der Waals surface area contributed by atoms with E-state index < -0.39 is 15.8 Å². The summed E-state index contributed by atoms with van der Waals surface area (Å²) in [5, 5.41) is 3.15. The molecule has 0 heterocycles. The first-order chi connectivity index (χ1) is 9.36. The lowest BCUT2D eigenvalue weighted by molar-refractivity contribution is 0.552. The van der Waals surface area contributed by atoms with Crippen LogP contribution in [0.2, 0.25) is 0 Å². The van der Waals surface area contributed by atoms with Crippen LogP contribution >= 0.6 is 11.8 Å². The van der Waals surface area contributed by atoms with E-state index in [0.29, 0.717) is 18.8 Å². The molecular formula is C13H21FN2O2S2. The van der Waals surface area contributed by atoms with Gasteiger partial charge in [0, 0.05) is 24.9 Å². The number of hydrogen-bond acceptors (Lipinski definition) is 4. The van der Waals surface area contributed by atoms with Crippen LogP contribution in [0, 0.1) is 5.82 Å². The van der Waals surface area contributed by atoms with E-state index in [-0.39, 0.29) is 10.9 Å². The average Bonchev–Trinajstić information content (AvgIpc) is 2.36. The second-order valence-electron chi connectivity index (χ2n) is 4.69. The Morgan fingerprint density at radius 3 is 2.60 bits per heavy atom. The Hall–Kier alpha value is -0.630. The average molecular weight is 320 g/mol. The summed E-state index contributed by atoms with van der Waals surface area (Å²) in [6.07, 6.45) is 1.88. The maximum atomic E-state index is 13.9. The van der Waals surface area contributed by atoms with Gasteiger partial charge in [-0.25, -0.2) is 17.5 Å². The number of halogens is 1. The lowest BCUT2D eigenvalue weighted by Gasteiger charge is -2.10. The van der Waals surface area contributed by atoms with Crippen molar-refractivity contribution in [3.05, 3.63) is 29.6 Å². The Balaban J connectivity index is 2.81. The fraction of sp³-hybridized carbons (Fsp3) is 0.538. The van der Waals surface area contributed by atoms with Crippen molar-refractivity contribution in [1.29, 1.82) is 0 Å². The molecule has 0 aliphatic heterocycles. The van der Waals surface area contributed by atoms with E-state index in [1.54, 1.807) is 6.07 Å². The summed E-state index contributed by atoms with van der Waals surface area (Å²) in [4.78, 5) is -0.299. The monoisotopic (exact) mass is 320 g/mol. The minimum atomic E-state index is -3.77. The van der Waals surface area contributed by atoms with E-state index in [1.165, 1.54) is 23.9 Å². The first kappa shape index (κ1) is 17.4. The first-order valence-electron chi connectivity index (χ1n) is 6.37. The van der Waals surface area contributed by atoms with Crippen molar-refractivity contribution in [2.45, 2.75) is 31.3 Å². The molecule has 1 aromatic carbocycles. The number of nitrogens with one attached hydrogen (secondary N) is 2. The van der Waals surface area contributed by atoms with Gasteiger partial charge < -0.3 is 5.32 Å². The van der Waals surface area contributed by atoms with Crippen LogP contribution in [0.1, 0.15) is 19.4 Å². The lowest BCUT2D eigenvalue weighted by Crippen LogP contribution is -2.27. The largest absolute Gasteiger partial charge is 0.310 e. The van der Waals surface area contributed by atoms with Crippen LogP contribution in [0.5, 0.6) is 0 Å². The highest BCUT2D eigenvalue weighted by molar-refractivity contribution is 7.98. The van der Waals surface area contributed by atoms with E-state index in [0.717, 1.165) is 5.56 Å². The van der Waals surface area contributed by atoms with E-state index in [2.05, 4.69) is 10.0 Å². The van der Waals surface area contributed by atoms with Crippen molar-refractivity contribution in [3.8, 4) is 0 Å². The van der Waals surface area contributed by atoms with Gasteiger partial charge in [0.2, 0.25) is 10.0 Å². The van der Waals surface area contributed by atoms with Crippen LogP contribution < -0.4 is 10.0 Å². The quantitative estimate of drug-likeness (QED) is 0.719. The molecule has 1 aromatic rings. The summed E-state index contributed by atoms with van der Waals surface area (Å²) >= 11 is 1.52. The molecule has 0 aliphatic carbocycles. The van der Waals surface area contributed by atoms with E-state index >= 15 is 0 Å². The minimum Gasteiger partial charge on any atom is -0.310 e. The number of benzene rings is 1. The summed E-state index contributed by atoms with van der Waals surface area (Å²) in [7, 11) is -3.77. The molecule has 2 N–H and O–H groups in total. The molecule has 0 bridgehead atoms. The van der Waals surface area contributed by atoms with Gasteiger partial charge in [-0.2, -0.15) is 11.8 Å². The van der Waals surface area contributed by atoms with Crippen LogP contribution in [0.3, 0.4) is 0 Å². The zero-order chi connectivity index (χ0) is 15.2. The summed E-state index contributed by atoms with van der Waals surface area (Å²) in [6.45, 7) is 4.78. The van der Waals surface area contributed by atoms with Crippen LogP contribution in [-0.4, -0.2) is 33.0 Å². The minimum absolute atomic E-state index is 0.287. The second-order valence-corrected chi connectivity index (χ2v) is 7.41. The van der Waals surface area contributed by atoms with Gasteiger partial charge in [-0.15, -0.1) is 0 Å². The van der Waals surface area contributed by atoms with E-state index in [1.807, 2.05) is 20.1 Å². The fourth-order valence-electron chi connectivity index (χ4n) is 1.55. The molecule has 0 aliphatic rings. The summed E-state index contributed by atoms with van der Waals surface area (Å²) in [6, 6.07) is 4.49. The number of rotatable bonds is 8. The van der Waals surface area contributed by atoms with Crippen LogP contribution in [0.4, 0.5) is 4.39 Å². The Labute approximate surface area is 124 Å². The molecule has 0 atom stereocenters. The van der Waals surface area contributed by atoms with Gasteiger partial charge in [0.05, 0.1) is 0 Å². The van der Waals surface area contributed by atoms with Gasteiger partial charge >= 0.3 is 0 Å². The number of sulfonamides is 1. The zero-order valence-electron chi connectivity index (χ0n) is 11.9. The van der Waals surface area contributed by atoms with E-state index in [4.69, 9.17) is 0 Å². The van der Waals surface area contributed by atoms with Crippen molar-refractivity contribution < 1.29 is 12.8 Å². The first-order valence-corrected chi connectivity index (χ1v) is 9.25. The van der Waals surface area contributed by atoms with Gasteiger partial charge in [0.1, 0.15) is 10.7 Å². The lowest BCUT2D eigenvalue weighted by atomic mass is 10.2. The molecule has 0 aromatic heterocycles. The van der Waals surface area contributed by atoms with Crippen molar-refractivity contribution in [2.75, 3.05) is 18.6 Å². The molecule has 0 fully saturated rings. The predicted octanol–water partition coefficient (Wildman–Crippen LogP) is 1.97. The molecule has 20 heavy (non-hydrogen) atoms. The van der Waals surface area contributed by atoms with Gasteiger partial charge in [0.25, 0.3) is 0 Å². The SMILES string of the molecule is CSCCNS(=O)(=O)c1ccc(CNC(C)C)cc1F. The topological polar surface area (TPSA) is 58.2 Å². The number of thioether (sulfide) groups is 1. The van der Waals surface area contributed by atoms with Crippen molar-refractivity contribution in [1.82, 2.24) is 10.0 Å². The van der Waals surface area contributed by atoms with Gasteiger partial charge in [-0.3, -0.25) is 0 Å². The van der Waals surface area contributed by atoms with Crippen molar-refractivity contribution in [3.63, 3.8) is 0 Å². The summed E-state index contributed by atoms with van der Waals surface area (Å²) in [5.41, 5.74) is 0.722. The van der Waals surface area contributed by atoms with Crippen molar-refractivity contribution >= 4 is 21.8 Å². The van der Waals surface area contributed by atoms with Crippen LogP contribution in [0.15, 0.2) is 23.1 Å². The molecule has 4 nitrogen and oxygen atoms in total. The molecule has 0 saturated carbocycles. The number of hydrogen-bond donors (Lipinski definition) is 2. The Kier molecular flexibility index (Phi) is 6.94. The maximum absolute atomic E-state index is 13.9. The molecule has 0 amide bonds. The van der Waals surface area contributed by atoms with E-state index in [9.17, 15) is 12.8 Å². The summed E-state index contributed by atoms with van der Waals surface area (Å²) in [5.74, 6) is -0.0678. The highest BCUT2D eigenvalue weighted by Gasteiger charge is 2.18. The molecule has 0 spiro atoms. The van der Waals surface area contributed by atoms with Crippen molar-refractivity contribution in [2.24, 2.45) is 0 Å². The Bertz CT molecular complexity index is 533. The molecule has 0 unspecified atom stereocenters. The van der Waals surface area contributed by atoms with Gasteiger partial charge in [0.15, 0.2) is 0 Å². The molecule has 114 valence electrons. The molecule has 0 saturated heterocycles. The molecular weight excluding hydrogens is 299 g/mol. The maximum Gasteiger partial charge on any atom is 0.243 e. The third kappa shape index (κ3) is 5.40. The normalized spacial score (nSPS) is 12.1. The summed E-state index contributed by atoms with van der Waals surface area (Å²) < 4.78 is 40.2. The van der Waals surface area contributed by atoms with Crippen LogP contribution in [0.25, 0.3) is 0 Å². The highest BCUT2D eigenvalue weighted by Crippen LogP contribution is 2.16. The van der Waals surface area contributed by atoms with Crippen LogP contribution in [-0.2, 0) is 16.6 Å². The molecule has 0 radical (unpaired) electrons. The Morgan fingerprint density at radius 2 is 2.05 bits per heavy atom. The Morgan fingerprint density at radius 1 is 1.35 bits per heavy atom. The third-order valence-corrected chi connectivity index (χ3v) is 4.71. The zero-order valence-corrected chi connectivity index (χ0v) is 13.6. The fourth-order valence-corrected chi connectivity index (χ4v) is 3.07. The standard InChI is InChI=1S/C13H21FN2O2S2/c1-10(2)15-9-11-4-5-13(12(14)8-11)20(17,18)16-6-7-19-3/h4-5,8,10,15-16H,6-7,9H2,1-3H3. The van der Waals surface area contributed by atoms with Gasteiger partial charge in [-0.05, 0) is 24.0 Å². The highest BCUT2D eigenvalue weighted by atomic mass is 32.2. The predicted molar refractivity (Wildman–Crippen MR) is 81.9 cm³/mol. The smallest absolute Gasteiger partial charge is 0.243 e. The second kappa shape index (κ2) is 7.97. The van der Waals surface area contributed by atoms with Gasteiger partial charge in [-0.1, -0.05) is 19.9 Å². The third-order valence-electron chi connectivity index (χ3n) is 2.60.